The van der Waals surface area contributed by atoms with Gasteiger partial charge in [-0.15, -0.1) is 0 Å². The van der Waals surface area contributed by atoms with Crippen LogP contribution in [-0.2, 0) is 0 Å². The van der Waals surface area contributed by atoms with E-state index in [1.807, 2.05) is 5.97 Å². The second-order valence-electron chi connectivity index (χ2n) is 2.68. The molecule has 0 aliphatic carbocycles. The second-order valence-corrected chi connectivity index (χ2v) is 2.68. The molecule has 0 aromatic carbocycles. The summed E-state index contributed by atoms with van der Waals surface area (Å²) in [5.41, 5.74) is 1.39. The molecule has 0 atom stereocenters. The topological polar surface area (TPSA) is 0 Å². The van der Waals surface area contributed by atoms with Crippen molar-refractivity contribution in [3.8, 4) is 0 Å². The van der Waals surface area contributed by atoms with Crippen molar-refractivity contribution in [2.45, 2.75) is 25.8 Å². The third kappa shape index (κ3) is 5.93. The van der Waals surface area contributed by atoms with Gasteiger partial charge in [-0.05, 0) is 0 Å². The molecule has 0 aromatic heterocycles. The van der Waals surface area contributed by atoms with E-state index in [2.05, 4.69) is 20.9 Å². The van der Waals surface area contributed by atoms with E-state index < -0.39 is 0 Å². The molecule has 0 saturated heterocycles. The quantitative estimate of drug-likeness (QED) is 0.279. The Kier molecular flexibility index (Phi) is 6.78. The molecular weight excluding hydrogens is 117 g/mol. The van der Waals surface area contributed by atoms with E-state index in [4.69, 9.17) is 0 Å². The van der Waals surface area contributed by atoms with Gasteiger partial charge in [0.25, 0.3) is 0 Å². The van der Waals surface area contributed by atoms with Crippen LogP contribution in [0.3, 0.4) is 0 Å². The molecule has 0 heterocycles. The molecule has 0 fully saturated rings. The second kappa shape index (κ2) is 6.92. The van der Waals surface area contributed by atoms with Crippen molar-refractivity contribution >= 4 is 28.0 Å². The summed E-state index contributed by atoms with van der Waals surface area (Å²) < 4.78 is 0. The molecule has 0 bridgehead atoms. The third-order valence-corrected chi connectivity index (χ3v) is 1.54. The summed E-state index contributed by atoms with van der Waals surface area (Å²) in [6.45, 7) is 6.18. The molecule has 0 amide bonds. The molecule has 0 rings (SSSR count). The summed E-state index contributed by atoms with van der Waals surface area (Å²) in [5.74, 6) is 1.97. The van der Waals surface area contributed by atoms with Crippen LogP contribution in [0.2, 0.25) is 25.8 Å². The first-order chi connectivity index (χ1) is 4.81. The third-order valence-electron chi connectivity index (χ3n) is 1.54. The van der Waals surface area contributed by atoms with Gasteiger partial charge < -0.3 is 0 Å². The molecule has 0 N–H and O–H groups in total. The fourth-order valence-corrected chi connectivity index (χ4v) is 0.975. The molecule has 52 valence electrons. The van der Waals surface area contributed by atoms with Crippen molar-refractivity contribution in [2.75, 3.05) is 0 Å². The Hall–Kier alpha value is -0.195. The van der Waals surface area contributed by atoms with Gasteiger partial charge in [-0.3, -0.25) is 0 Å². The zero-order valence-corrected chi connectivity index (χ0v) is 7.03. The van der Waals surface area contributed by atoms with Crippen molar-refractivity contribution in [2.24, 2.45) is 0 Å². The Morgan fingerprint density at radius 3 is 2.80 bits per heavy atom. The SMILES string of the molecule is B=CCBCC(=C)CBC. The molecule has 0 spiro atoms. The molecule has 10 heavy (non-hydrogen) atoms. The van der Waals surface area contributed by atoms with Gasteiger partial charge in [0.1, 0.15) is 0 Å². The summed E-state index contributed by atoms with van der Waals surface area (Å²) in [6.07, 6.45) is 3.50. The Bertz CT molecular complexity index is 109. The summed E-state index contributed by atoms with van der Waals surface area (Å²) >= 11 is 0. The van der Waals surface area contributed by atoms with Gasteiger partial charge in [0.2, 0.25) is 0 Å². The predicted octanol–water partition coefficient (Wildman–Crippen LogP) is 0.422. The molecule has 0 saturated carbocycles. The standard InChI is InChI=1S/C7H15B3/c1-7(5-9-2)6-10-4-3-8/h3,8-10H,1,4-6H2,2H3. The van der Waals surface area contributed by atoms with Gasteiger partial charge in [0.05, 0.1) is 0 Å². The van der Waals surface area contributed by atoms with Gasteiger partial charge in [0.15, 0.2) is 0 Å². The number of allylic oxidation sites excluding steroid dienone is 1. The summed E-state index contributed by atoms with van der Waals surface area (Å²) in [6, 6.07) is 0. The fraction of sp³-hybridized carbons (Fsp3) is 0.571. The van der Waals surface area contributed by atoms with Crippen molar-refractivity contribution in [1.29, 1.82) is 0 Å². The maximum atomic E-state index is 3.98. The summed E-state index contributed by atoms with van der Waals surface area (Å²) in [5, 5.41) is 0. The number of hydrogen-bond donors (Lipinski definition) is 0. The maximum absolute atomic E-state index is 3.98. The van der Waals surface area contributed by atoms with Crippen molar-refractivity contribution < 1.29 is 0 Å². The molecule has 0 nitrogen and oxygen atoms in total. The molecule has 0 radical (unpaired) electrons. The molecule has 3 heteroatoms. The zero-order chi connectivity index (χ0) is 7.82. The first-order valence-corrected chi connectivity index (χ1v) is 4.08. The first kappa shape index (κ1) is 9.80. The van der Waals surface area contributed by atoms with E-state index >= 15 is 0 Å². The van der Waals surface area contributed by atoms with E-state index in [-0.39, 0.29) is 0 Å². The van der Waals surface area contributed by atoms with Crippen molar-refractivity contribution in [3.63, 3.8) is 0 Å². The average molecular weight is 132 g/mol. The molecule has 0 aliphatic heterocycles. The van der Waals surface area contributed by atoms with Crippen LogP contribution in [0, 0.1) is 0 Å². The van der Waals surface area contributed by atoms with Gasteiger partial charge in [-0.25, -0.2) is 0 Å². The van der Waals surface area contributed by atoms with E-state index in [0.717, 1.165) is 6.32 Å². The minimum absolute atomic E-state index is 1.13. The monoisotopic (exact) mass is 132 g/mol. The van der Waals surface area contributed by atoms with Gasteiger partial charge in [0, 0.05) is 0 Å². The van der Waals surface area contributed by atoms with Gasteiger partial charge >= 0.3 is 65.9 Å². The molecule has 0 unspecified atom stereocenters. The molecule has 0 aliphatic rings. The van der Waals surface area contributed by atoms with E-state index in [1.54, 1.807) is 0 Å². The summed E-state index contributed by atoms with van der Waals surface area (Å²) in [7, 11) is 6.13. The van der Waals surface area contributed by atoms with Gasteiger partial charge in [-0.2, -0.15) is 0 Å². The van der Waals surface area contributed by atoms with Crippen LogP contribution in [0.15, 0.2) is 12.2 Å². The Morgan fingerprint density at radius 2 is 2.30 bits per heavy atom. The Balaban J connectivity index is 3.13. The zero-order valence-electron chi connectivity index (χ0n) is 7.03. The van der Waals surface area contributed by atoms with Crippen LogP contribution in [0.4, 0.5) is 0 Å². The number of hydrogen-bond acceptors (Lipinski definition) is 0. The predicted molar refractivity (Wildman–Crippen MR) is 56.9 cm³/mol. The van der Waals surface area contributed by atoms with Crippen LogP contribution in [-0.4, -0.2) is 28.0 Å². The van der Waals surface area contributed by atoms with Crippen molar-refractivity contribution in [3.05, 3.63) is 12.2 Å². The Morgan fingerprint density at radius 1 is 1.60 bits per heavy atom. The van der Waals surface area contributed by atoms with Crippen LogP contribution < -0.4 is 0 Å². The van der Waals surface area contributed by atoms with Crippen LogP contribution in [0.5, 0.6) is 0 Å². The van der Waals surface area contributed by atoms with E-state index in [0.29, 0.717) is 0 Å². The van der Waals surface area contributed by atoms with Crippen LogP contribution >= 0.6 is 0 Å². The van der Waals surface area contributed by atoms with E-state index in [1.165, 1.54) is 32.8 Å². The normalized spacial score (nSPS) is 8.40. The van der Waals surface area contributed by atoms with Crippen LogP contribution in [0.25, 0.3) is 0 Å². The van der Waals surface area contributed by atoms with Crippen molar-refractivity contribution in [1.82, 2.24) is 0 Å². The Labute approximate surface area is 66.7 Å². The van der Waals surface area contributed by atoms with Crippen LogP contribution in [0.1, 0.15) is 0 Å². The first-order valence-electron chi connectivity index (χ1n) is 4.08. The summed E-state index contributed by atoms with van der Waals surface area (Å²) in [4.78, 5) is 0. The minimum atomic E-state index is 1.13. The number of rotatable bonds is 6. The molecule has 0 aromatic rings. The average Bonchev–Trinajstić information content (AvgIpc) is 1.89. The fourth-order valence-electron chi connectivity index (χ4n) is 0.975. The van der Waals surface area contributed by atoms with Gasteiger partial charge in [-0.1, -0.05) is 0 Å². The molecular formula is C7H15B3. The van der Waals surface area contributed by atoms with E-state index in [9.17, 15) is 0 Å².